The third-order valence-corrected chi connectivity index (χ3v) is 8.84. The lowest BCUT2D eigenvalue weighted by Gasteiger charge is -2.42. The fraction of sp³-hybridized carbons (Fsp3) is 0.469. The van der Waals surface area contributed by atoms with Gasteiger partial charge in [0.2, 0.25) is 0 Å². The highest BCUT2D eigenvalue weighted by atomic mass is 35.5. The van der Waals surface area contributed by atoms with Crippen LogP contribution < -0.4 is 21.1 Å². The van der Waals surface area contributed by atoms with Gasteiger partial charge in [-0.25, -0.2) is 18.7 Å². The van der Waals surface area contributed by atoms with Crippen molar-refractivity contribution < 1.29 is 19.0 Å². The molecule has 5 rings (SSSR count). The molecule has 3 N–H and O–H groups in total. The summed E-state index contributed by atoms with van der Waals surface area (Å²) < 4.78 is 29.6. The third kappa shape index (κ3) is 5.30. The van der Waals surface area contributed by atoms with Crippen molar-refractivity contribution in [1.29, 1.82) is 0 Å². The average molecular weight is 612 g/mol. The molecule has 3 aromatic rings. The Balaban J connectivity index is 2.01. The van der Waals surface area contributed by atoms with Crippen LogP contribution in [0, 0.1) is 18.7 Å². The summed E-state index contributed by atoms with van der Waals surface area (Å²) in [6.45, 7) is 13.8. The van der Waals surface area contributed by atoms with Gasteiger partial charge in [0.15, 0.2) is 11.5 Å². The lowest BCUT2D eigenvalue weighted by molar-refractivity contribution is -0.0291. The molecule has 3 unspecified atom stereocenters. The second kappa shape index (κ2) is 11.9. The first-order chi connectivity index (χ1) is 20.4. The van der Waals surface area contributed by atoms with E-state index in [1.54, 1.807) is 18.3 Å². The number of benzene rings is 1. The molecule has 0 aliphatic carbocycles. The molecular weight excluding hydrogens is 573 g/mol. The molecule has 2 aliphatic heterocycles. The smallest absolute Gasteiger partial charge is 0.355 e. The minimum Gasteiger partial charge on any atom is -0.490 e. The number of dihydropyridines is 1. The average Bonchev–Trinajstić information content (AvgIpc) is 2.96. The molecule has 0 spiro atoms. The van der Waals surface area contributed by atoms with Gasteiger partial charge in [-0.3, -0.25) is 0 Å². The minimum absolute atomic E-state index is 0.0226. The lowest BCUT2D eigenvalue weighted by atomic mass is 9.79. The number of aromatic nitrogens is 3. The molecule has 0 saturated heterocycles. The maximum atomic E-state index is 15.9. The molecule has 2 bridgehead atoms. The largest absolute Gasteiger partial charge is 0.490 e. The van der Waals surface area contributed by atoms with E-state index in [2.05, 4.69) is 15.6 Å². The summed E-state index contributed by atoms with van der Waals surface area (Å²) in [5, 5.41) is 18.8. The molecule has 0 saturated carbocycles. The monoisotopic (exact) mass is 611 g/mol. The van der Waals surface area contributed by atoms with Crippen molar-refractivity contribution >= 4 is 34.1 Å². The number of fused-ring (bicyclic) bond motifs is 4. The summed E-state index contributed by atoms with van der Waals surface area (Å²) in [7, 11) is 0. The number of nitrogens with zero attached hydrogens (tertiary/aromatic N) is 3. The summed E-state index contributed by atoms with van der Waals surface area (Å²) in [6, 6.07) is 4.84. The second-order valence-corrected chi connectivity index (χ2v) is 12.1. The molecule has 0 fully saturated rings. The van der Waals surface area contributed by atoms with Crippen molar-refractivity contribution in [2.45, 2.75) is 78.7 Å². The first-order valence-corrected chi connectivity index (χ1v) is 15.1. The van der Waals surface area contributed by atoms with Crippen molar-refractivity contribution in [3.8, 4) is 17.0 Å². The summed E-state index contributed by atoms with van der Waals surface area (Å²) in [4.78, 5) is 23.8. The molecular formula is C32H39ClFN5O4. The van der Waals surface area contributed by atoms with Gasteiger partial charge < -0.3 is 25.2 Å². The fourth-order valence-corrected chi connectivity index (χ4v) is 5.81. The standard InChI is InChI=1S/C32H39ClFN5O4/c1-8-18(6)36-29-20-14-17(5)26-24-23(11-10-21(33)25(24)34)43-15-22(40)27(42-9-2)19-12-13-35-32(7,16(3)4)28(19)39(30(20)37-26)31(41)38-29/h10-14,16,18,22,27,35,40H,8-9,15H2,1-7H3,(H,36,38,41)/t18-,22?,27?,32?/m0/s1. The SMILES string of the molecule is CCOC1C2=C(n3c(=O)nc(N[C@@H](C)CC)c4cc(C)c(nc43)-c3c(ccc(Cl)c3F)OCC1O)C(C)(C(C)C)NC=C2. The number of pyridine rings is 1. The molecule has 230 valence electrons. The van der Waals surface area contributed by atoms with Gasteiger partial charge in [-0.15, -0.1) is 0 Å². The molecule has 2 aliphatic rings. The number of aliphatic hydroxyl groups is 1. The van der Waals surface area contributed by atoms with Crippen LogP contribution in [0.4, 0.5) is 10.2 Å². The number of halogens is 2. The number of hydrogen-bond acceptors (Lipinski definition) is 8. The Kier molecular flexibility index (Phi) is 8.57. The Bertz CT molecular complexity index is 1690. The van der Waals surface area contributed by atoms with Crippen LogP contribution in [0.3, 0.4) is 0 Å². The molecule has 9 nitrogen and oxygen atoms in total. The van der Waals surface area contributed by atoms with E-state index >= 15 is 4.39 Å². The molecule has 0 radical (unpaired) electrons. The van der Waals surface area contributed by atoms with E-state index in [4.69, 9.17) is 26.1 Å². The van der Waals surface area contributed by atoms with Crippen LogP contribution in [-0.2, 0) is 4.74 Å². The second-order valence-electron chi connectivity index (χ2n) is 11.7. The van der Waals surface area contributed by atoms with Crippen LogP contribution >= 0.6 is 11.6 Å². The predicted octanol–water partition coefficient (Wildman–Crippen LogP) is 5.67. The van der Waals surface area contributed by atoms with Gasteiger partial charge in [0, 0.05) is 18.2 Å². The van der Waals surface area contributed by atoms with Crippen LogP contribution in [0.5, 0.6) is 5.75 Å². The molecule has 2 aromatic heterocycles. The van der Waals surface area contributed by atoms with Crippen LogP contribution in [0.1, 0.15) is 53.5 Å². The topological polar surface area (TPSA) is 111 Å². The van der Waals surface area contributed by atoms with Crippen molar-refractivity contribution in [2.75, 3.05) is 18.5 Å². The van der Waals surface area contributed by atoms with Gasteiger partial charge in [-0.05, 0) is 76.1 Å². The molecule has 1 aromatic carbocycles. The highest BCUT2D eigenvalue weighted by molar-refractivity contribution is 6.31. The van der Waals surface area contributed by atoms with Crippen molar-refractivity contribution in [3.63, 3.8) is 0 Å². The van der Waals surface area contributed by atoms with E-state index in [1.165, 1.54) is 10.6 Å². The number of aryl methyl sites for hydroxylation is 1. The Morgan fingerprint density at radius 3 is 2.72 bits per heavy atom. The van der Waals surface area contributed by atoms with E-state index in [0.717, 1.165) is 6.42 Å². The number of rotatable bonds is 6. The fourth-order valence-electron chi connectivity index (χ4n) is 5.65. The van der Waals surface area contributed by atoms with Crippen LogP contribution in [-0.4, -0.2) is 56.6 Å². The lowest BCUT2D eigenvalue weighted by Crippen LogP contribution is -2.52. The maximum Gasteiger partial charge on any atom is 0.355 e. The third-order valence-electron chi connectivity index (χ3n) is 8.55. The van der Waals surface area contributed by atoms with Crippen LogP contribution in [0.2, 0.25) is 5.02 Å². The Hall–Kier alpha value is -3.47. The van der Waals surface area contributed by atoms with Gasteiger partial charge in [0.25, 0.3) is 0 Å². The highest BCUT2D eigenvalue weighted by Crippen LogP contribution is 2.42. The number of aliphatic hydroxyl groups excluding tert-OH is 1. The van der Waals surface area contributed by atoms with Crippen LogP contribution in [0.25, 0.3) is 28.0 Å². The van der Waals surface area contributed by atoms with Gasteiger partial charge in [0.05, 0.1) is 32.9 Å². The zero-order chi connectivity index (χ0) is 31.2. The van der Waals surface area contributed by atoms with Gasteiger partial charge in [-0.2, -0.15) is 4.98 Å². The minimum atomic E-state index is -1.17. The predicted molar refractivity (Wildman–Crippen MR) is 168 cm³/mol. The van der Waals surface area contributed by atoms with E-state index in [1.807, 2.05) is 54.5 Å². The van der Waals surface area contributed by atoms with E-state index in [9.17, 15) is 9.90 Å². The summed E-state index contributed by atoms with van der Waals surface area (Å²) in [5.74, 6) is -0.198. The van der Waals surface area contributed by atoms with Crippen molar-refractivity contribution in [3.05, 3.63) is 62.9 Å². The normalized spacial score (nSPS) is 22.4. The summed E-state index contributed by atoms with van der Waals surface area (Å²) in [5.41, 5.74) is 0.962. The quantitative estimate of drug-likeness (QED) is 0.327. The van der Waals surface area contributed by atoms with Gasteiger partial charge in [0.1, 0.15) is 30.4 Å². The zero-order valence-electron chi connectivity index (χ0n) is 25.6. The Morgan fingerprint density at radius 2 is 2.05 bits per heavy atom. The summed E-state index contributed by atoms with van der Waals surface area (Å²) >= 11 is 6.26. The van der Waals surface area contributed by atoms with E-state index < -0.39 is 29.3 Å². The molecule has 4 atom stereocenters. The number of ether oxygens (including phenoxy) is 2. The molecule has 43 heavy (non-hydrogen) atoms. The summed E-state index contributed by atoms with van der Waals surface area (Å²) in [6.07, 6.45) is 2.35. The Morgan fingerprint density at radius 1 is 1.30 bits per heavy atom. The first-order valence-electron chi connectivity index (χ1n) is 14.7. The first kappa shape index (κ1) is 31.0. The molecule has 0 amide bonds. The zero-order valence-corrected chi connectivity index (χ0v) is 26.3. The Labute approximate surface area is 255 Å². The number of nitrogens with one attached hydrogen (secondary N) is 2. The van der Waals surface area contributed by atoms with Crippen molar-refractivity contribution in [2.24, 2.45) is 5.92 Å². The van der Waals surface area contributed by atoms with Crippen LogP contribution in [0.15, 0.2) is 40.8 Å². The van der Waals surface area contributed by atoms with E-state index in [-0.39, 0.29) is 52.9 Å². The van der Waals surface area contributed by atoms with Gasteiger partial charge in [-0.1, -0.05) is 32.4 Å². The van der Waals surface area contributed by atoms with Gasteiger partial charge >= 0.3 is 5.69 Å². The van der Waals surface area contributed by atoms with E-state index in [0.29, 0.717) is 28.0 Å². The molecule has 11 heteroatoms. The highest BCUT2D eigenvalue weighted by Gasteiger charge is 2.42. The maximum absolute atomic E-state index is 15.9. The van der Waals surface area contributed by atoms with Crippen molar-refractivity contribution in [1.82, 2.24) is 19.9 Å². The molecule has 4 heterocycles. The number of anilines is 1. The number of hydrogen-bond donors (Lipinski definition) is 3.